The van der Waals surface area contributed by atoms with Crippen LogP contribution in [0.15, 0.2) is 24.5 Å². The second-order valence-electron chi connectivity index (χ2n) is 3.97. The fraction of sp³-hybridized carbons (Fsp3) is 0.231. The summed E-state index contributed by atoms with van der Waals surface area (Å²) in [5, 5.41) is 15.5. The monoisotopic (exact) mass is 262 g/mol. The Morgan fingerprint density at radius 1 is 1.37 bits per heavy atom. The number of aryl methyl sites for hydroxylation is 1. The molecule has 0 unspecified atom stereocenters. The number of halogens is 2. The van der Waals surface area contributed by atoms with Gasteiger partial charge in [-0.2, -0.15) is 10.4 Å². The van der Waals surface area contributed by atoms with Gasteiger partial charge in [-0.25, -0.2) is 8.78 Å². The highest BCUT2D eigenvalue weighted by atomic mass is 19.1. The Balaban J connectivity index is 2.13. The number of nitriles is 1. The smallest absolute Gasteiger partial charge is 0.132 e. The summed E-state index contributed by atoms with van der Waals surface area (Å²) in [6, 6.07) is 3.75. The van der Waals surface area contributed by atoms with Gasteiger partial charge in [0.2, 0.25) is 0 Å². The quantitative estimate of drug-likeness (QED) is 0.921. The van der Waals surface area contributed by atoms with Gasteiger partial charge in [0.05, 0.1) is 23.5 Å². The third-order valence-electron chi connectivity index (χ3n) is 2.70. The van der Waals surface area contributed by atoms with E-state index >= 15 is 0 Å². The molecule has 0 aliphatic carbocycles. The summed E-state index contributed by atoms with van der Waals surface area (Å²) in [6.07, 6.45) is 3.34. The molecule has 0 atom stereocenters. The van der Waals surface area contributed by atoms with E-state index in [0.29, 0.717) is 5.69 Å². The summed E-state index contributed by atoms with van der Waals surface area (Å²) in [5.41, 5.74) is 0.561. The largest absolute Gasteiger partial charge is 0.378 e. The Hall–Kier alpha value is -2.42. The number of benzene rings is 1. The standard InChI is InChI=1S/C13H12F2N4/c1-2-19-8-10(6-18-19)17-7-11-12(14)3-9(5-16)4-13(11)15/h3-4,6,8,17H,2,7H2,1H3. The van der Waals surface area contributed by atoms with Gasteiger partial charge >= 0.3 is 0 Å². The van der Waals surface area contributed by atoms with E-state index in [4.69, 9.17) is 5.26 Å². The molecule has 19 heavy (non-hydrogen) atoms. The first-order valence-electron chi connectivity index (χ1n) is 5.78. The zero-order valence-electron chi connectivity index (χ0n) is 10.3. The predicted octanol–water partition coefficient (Wildman–Crippen LogP) is 2.66. The van der Waals surface area contributed by atoms with E-state index in [1.54, 1.807) is 23.1 Å². The molecule has 0 aliphatic heterocycles. The fourth-order valence-corrected chi connectivity index (χ4v) is 1.65. The van der Waals surface area contributed by atoms with E-state index in [1.807, 2.05) is 6.92 Å². The van der Waals surface area contributed by atoms with Crippen molar-refractivity contribution >= 4 is 5.69 Å². The van der Waals surface area contributed by atoms with Gasteiger partial charge in [0.15, 0.2) is 0 Å². The van der Waals surface area contributed by atoms with Crippen LogP contribution in [0, 0.1) is 23.0 Å². The summed E-state index contributed by atoms with van der Waals surface area (Å²) >= 11 is 0. The lowest BCUT2D eigenvalue weighted by Gasteiger charge is -2.07. The minimum absolute atomic E-state index is 0.00121. The summed E-state index contributed by atoms with van der Waals surface area (Å²) in [5.74, 6) is -1.46. The summed E-state index contributed by atoms with van der Waals surface area (Å²) in [6.45, 7) is 2.66. The topological polar surface area (TPSA) is 53.6 Å². The zero-order valence-corrected chi connectivity index (χ0v) is 10.3. The third kappa shape index (κ3) is 2.88. The average Bonchev–Trinajstić information content (AvgIpc) is 2.85. The SMILES string of the molecule is CCn1cc(NCc2c(F)cc(C#N)cc2F)cn1. The van der Waals surface area contributed by atoms with Crippen LogP contribution in [0.1, 0.15) is 18.1 Å². The van der Waals surface area contributed by atoms with Crippen molar-refractivity contribution in [1.29, 1.82) is 5.26 Å². The molecule has 1 aromatic heterocycles. The highest BCUT2D eigenvalue weighted by molar-refractivity contribution is 5.41. The molecule has 1 heterocycles. The molecule has 1 N–H and O–H groups in total. The van der Waals surface area contributed by atoms with E-state index < -0.39 is 11.6 Å². The molecule has 2 aromatic rings. The summed E-state index contributed by atoms with van der Waals surface area (Å²) in [7, 11) is 0. The van der Waals surface area contributed by atoms with Crippen LogP contribution in [0.25, 0.3) is 0 Å². The van der Waals surface area contributed by atoms with Gasteiger partial charge in [-0.3, -0.25) is 4.68 Å². The minimum atomic E-state index is -0.730. The molecular formula is C13H12F2N4. The van der Waals surface area contributed by atoms with Crippen LogP contribution in [-0.2, 0) is 13.1 Å². The number of nitrogens with zero attached hydrogens (tertiary/aromatic N) is 3. The number of hydrogen-bond donors (Lipinski definition) is 1. The number of nitrogens with one attached hydrogen (secondary N) is 1. The Bertz CT molecular complexity index is 605. The van der Waals surface area contributed by atoms with Gasteiger partial charge in [-0.15, -0.1) is 0 Å². The van der Waals surface area contributed by atoms with E-state index in [9.17, 15) is 8.78 Å². The second kappa shape index (κ2) is 5.48. The number of hydrogen-bond acceptors (Lipinski definition) is 3. The van der Waals surface area contributed by atoms with Crippen molar-refractivity contribution in [2.75, 3.05) is 5.32 Å². The van der Waals surface area contributed by atoms with Crippen LogP contribution < -0.4 is 5.32 Å². The summed E-state index contributed by atoms with van der Waals surface area (Å²) in [4.78, 5) is 0. The first-order chi connectivity index (χ1) is 9.13. The molecule has 0 amide bonds. The van der Waals surface area contributed by atoms with E-state index in [-0.39, 0.29) is 17.7 Å². The van der Waals surface area contributed by atoms with Crippen molar-refractivity contribution in [2.24, 2.45) is 0 Å². The molecule has 2 rings (SSSR count). The number of rotatable bonds is 4. The first kappa shape index (κ1) is 13.0. The lowest BCUT2D eigenvalue weighted by atomic mass is 10.1. The molecule has 6 heteroatoms. The van der Waals surface area contributed by atoms with Crippen molar-refractivity contribution < 1.29 is 8.78 Å². The zero-order chi connectivity index (χ0) is 13.8. The predicted molar refractivity (Wildman–Crippen MR) is 66.3 cm³/mol. The lowest BCUT2D eigenvalue weighted by Crippen LogP contribution is -2.05. The van der Waals surface area contributed by atoms with Gasteiger partial charge in [0.25, 0.3) is 0 Å². The van der Waals surface area contributed by atoms with Crippen LogP contribution >= 0.6 is 0 Å². The maximum atomic E-state index is 13.6. The molecule has 0 fully saturated rings. The Kier molecular flexibility index (Phi) is 3.76. The molecule has 0 spiro atoms. The number of anilines is 1. The van der Waals surface area contributed by atoms with Crippen LogP contribution in [0.3, 0.4) is 0 Å². The highest BCUT2D eigenvalue weighted by Crippen LogP contribution is 2.17. The Morgan fingerprint density at radius 2 is 2.05 bits per heavy atom. The molecule has 0 saturated carbocycles. The van der Waals surface area contributed by atoms with Gasteiger partial charge in [0, 0.05) is 24.8 Å². The Morgan fingerprint density at radius 3 is 2.58 bits per heavy atom. The third-order valence-corrected chi connectivity index (χ3v) is 2.70. The lowest BCUT2D eigenvalue weighted by molar-refractivity contribution is 0.559. The summed E-state index contributed by atoms with van der Waals surface area (Å²) < 4.78 is 28.9. The van der Waals surface area contributed by atoms with Crippen molar-refractivity contribution in [1.82, 2.24) is 9.78 Å². The van der Waals surface area contributed by atoms with Crippen LogP contribution in [0.2, 0.25) is 0 Å². The van der Waals surface area contributed by atoms with Gasteiger partial charge < -0.3 is 5.32 Å². The van der Waals surface area contributed by atoms with E-state index in [2.05, 4.69) is 10.4 Å². The molecule has 0 aliphatic rings. The minimum Gasteiger partial charge on any atom is -0.378 e. The van der Waals surface area contributed by atoms with Crippen LogP contribution in [-0.4, -0.2) is 9.78 Å². The normalized spacial score (nSPS) is 10.2. The maximum absolute atomic E-state index is 13.6. The molecular weight excluding hydrogens is 250 g/mol. The van der Waals surface area contributed by atoms with Gasteiger partial charge in [-0.05, 0) is 19.1 Å². The van der Waals surface area contributed by atoms with E-state index in [0.717, 1.165) is 18.7 Å². The fourth-order valence-electron chi connectivity index (χ4n) is 1.65. The molecule has 0 saturated heterocycles. The van der Waals surface area contributed by atoms with Gasteiger partial charge in [-0.1, -0.05) is 0 Å². The molecule has 0 radical (unpaired) electrons. The second-order valence-corrected chi connectivity index (χ2v) is 3.97. The van der Waals surface area contributed by atoms with Crippen molar-refractivity contribution in [3.8, 4) is 6.07 Å². The first-order valence-corrected chi connectivity index (χ1v) is 5.78. The maximum Gasteiger partial charge on any atom is 0.132 e. The van der Waals surface area contributed by atoms with Crippen molar-refractivity contribution in [2.45, 2.75) is 20.0 Å². The molecule has 0 bridgehead atoms. The number of aromatic nitrogens is 2. The van der Waals surface area contributed by atoms with E-state index in [1.165, 1.54) is 0 Å². The van der Waals surface area contributed by atoms with Crippen LogP contribution in [0.5, 0.6) is 0 Å². The van der Waals surface area contributed by atoms with Crippen LogP contribution in [0.4, 0.5) is 14.5 Å². The average molecular weight is 262 g/mol. The molecule has 4 nitrogen and oxygen atoms in total. The Labute approximate surface area is 109 Å². The van der Waals surface area contributed by atoms with Crippen molar-refractivity contribution in [3.63, 3.8) is 0 Å². The highest BCUT2D eigenvalue weighted by Gasteiger charge is 2.11. The van der Waals surface area contributed by atoms with Gasteiger partial charge in [0.1, 0.15) is 11.6 Å². The molecule has 1 aromatic carbocycles. The van der Waals surface area contributed by atoms with Crippen molar-refractivity contribution in [3.05, 3.63) is 47.3 Å². The molecule has 98 valence electrons.